The monoisotopic (exact) mass is 373 g/mol. The van der Waals surface area contributed by atoms with Gasteiger partial charge >= 0.3 is 0 Å². The lowest BCUT2D eigenvalue weighted by Crippen LogP contribution is -2.56. The van der Waals surface area contributed by atoms with Crippen LogP contribution in [0.25, 0.3) is 0 Å². The van der Waals surface area contributed by atoms with E-state index in [1.165, 1.54) is 0 Å². The van der Waals surface area contributed by atoms with Gasteiger partial charge in [0, 0.05) is 48.9 Å². The number of thioether (sulfide) groups is 2. The van der Waals surface area contributed by atoms with Gasteiger partial charge in [-0.15, -0.1) is 11.8 Å². The molecule has 138 valence electrons. The van der Waals surface area contributed by atoms with Crippen LogP contribution in [-0.4, -0.2) is 76.0 Å². The van der Waals surface area contributed by atoms with E-state index in [9.17, 15) is 9.59 Å². The maximum atomic E-state index is 12.6. The molecule has 2 amide bonds. The molecular weight excluding hydrogens is 342 g/mol. The fourth-order valence-electron chi connectivity index (χ4n) is 3.08. The van der Waals surface area contributed by atoms with Gasteiger partial charge in [-0.05, 0) is 20.3 Å². The first-order valence-electron chi connectivity index (χ1n) is 8.93. The number of nitrogens with one attached hydrogen (secondary N) is 1. The summed E-state index contributed by atoms with van der Waals surface area (Å²) < 4.78 is 0. The van der Waals surface area contributed by atoms with Gasteiger partial charge < -0.3 is 10.2 Å². The first kappa shape index (κ1) is 19.9. The second kappa shape index (κ2) is 9.34. The normalized spacial score (nSPS) is 22.6. The molecule has 0 aliphatic carbocycles. The van der Waals surface area contributed by atoms with Crippen molar-refractivity contribution in [2.24, 2.45) is 0 Å². The van der Waals surface area contributed by atoms with Crippen molar-refractivity contribution in [3.05, 3.63) is 0 Å². The van der Waals surface area contributed by atoms with Gasteiger partial charge in [0.15, 0.2) is 0 Å². The number of rotatable bonds is 7. The van der Waals surface area contributed by atoms with Crippen molar-refractivity contribution in [3.63, 3.8) is 0 Å². The molecule has 5 nitrogen and oxygen atoms in total. The van der Waals surface area contributed by atoms with Gasteiger partial charge in [-0.25, -0.2) is 0 Å². The number of carbonyl (C=O) groups is 2. The van der Waals surface area contributed by atoms with E-state index in [4.69, 9.17) is 0 Å². The largest absolute Gasteiger partial charge is 0.352 e. The molecule has 2 fully saturated rings. The number of carbonyl (C=O) groups excluding carboxylic acids is 2. The van der Waals surface area contributed by atoms with Gasteiger partial charge in [0.1, 0.15) is 6.04 Å². The third-order valence-electron chi connectivity index (χ3n) is 4.81. The smallest absolute Gasteiger partial charge is 0.243 e. The molecule has 1 N–H and O–H groups in total. The minimum Gasteiger partial charge on any atom is -0.352 e. The Balaban J connectivity index is 1.85. The van der Waals surface area contributed by atoms with Crippen molar-refractivity contribution < 1.29 is 9.59 Å². The summed E-state index contributed by atoms with van der Waals surface area (Å²) in [6, 6.07) is -0.299. The summed E-state index contributed by atoms with van der Waals surface area (Å²) in [5.74, 6) is 3.81. The molecule has 1 atom stereocenters. The molecule has 7 heteroatoms. The van der Waals surface area contributed by atoms with Gasteiger partial charge in [-0.3, -0.25) is 14.5 Å². The highest BCUT2D eigenvalue weighted by Gasteiger charge is 2.35. The fraction of sp³-hybridized carbons (Fsp3) is 0.882. The lowest BCUT2D eigenvalue weighted by atomic mass is 10.0. The number of unbranched alkanes of at least 4 members (excludes halogenated alkanes) is 1. The highest BCUT2D eigenvalue weighted by atomic mass is 32.2. The molecule has 0 aromatic rings. The Morgan fingerprint density at radius 2 is 1.92 bits per heavy atom. The average molecular weight is 374 g/mol. The van der Waals surface area contributed by atoms with Crippen LogP contribution in [0.3, 0.4) is 0 Å². The lowest BCUT2D eigenvalue weighted by molar-refractivity contribution is -0.138. The van der Waals surface area contributed by atoms with Crippen molar-refractivity contribution in [1.82, 2.24) is 15.1 Å². The zero-order valence-electron chi connectivity index (χ0n) is 15.2. The summed E-state index contributed by atoms with van der Waals surface area (Å²) in [6.07, 6.45) is 2.46. The average Bonchev–Trinajstić information content (AvgIpc) is 3.08. The van der Waals surface area contributed by atoms with Gasteiger partial charge in [0.25, 0.3) is 0 Å². The quantitative estimate of drug-likeness (QED) is 0.740. The molecule has 0 radical (unpaired) electrons. The first-order chi connectivity index (χ1) is 11.5. The maximum absolute atomic E-state index is 12.6. The summed E-state index contributed by atoms with van der Waals surface area (Å²) in [5, 5.41) is 3.11. The van der Waals surface area contributed by atoms with E-state index >= 15 is 0 Å². The van der Waals surface area contributed by atoms with Crippen LogP contribution in [0.2, 0.25) is 0 Å². The van der Waals surface area contributed by atoms with Crippen molar-refractivity contribution >= 4 is 35.3 Å². The summed E-state index contributed by atoms with van der Waals surface area (Å²) in [5.41, 5.74) is -0.0422. The Bertz CT molecular complexity index is 440. The molecule has 24 heavy (non-hydrogen) atoms. The molecule has 2 aliphatic heterocycles. The van der Waals surface area contributed by atoms with Crippen LogP contribution in [-0.2, 0) is 9.59 Å². The number of hydrogen-bond acceptors (Lipinski definition) is 5. The van der Waals surface area contributed by atoms with E-state index in [2.05, 4.69) is 31.0 Å². The van der Waals surface area contributed by atoms with Crippen LogP contribution in [0, 0.1) is 0 Å². The van der Waals surface area contributed by atoms with Crippen molar-refractivity contribution in [3.8, 4) is 0 Å². The Hall–Kier alpha value is -0.400. The third-order valence-corrected chi connectivity index (χ3v) is 6.77. The van der Waals surface area contributed by atoms with E-state index < -0.39 is 0 Å². The van der Waals surface area contributed by atoms with E-state index in [1.807, 2.05) is 11.8 Å². The maximum Gasteiger partial charge on any atom is 0.243 e. The molecule has 0 aromatic heterocycles. The van der Waals surface area contributed by atoms with Crippen molar-refractivity contribution in [1.29, 1.82) is 0 Å². The second-order valence-electron chi connectivity index (χ2n) is 7.11. The zero-order chi connectivity index (χ0) is 17.6. The van der Waals surface area contributed by atoms with Gasteiger partial charge in [-0.2, -0.15) is 11.8 Å². The summed E-state index contributed by atoms with van der Waals surface area (Å²) in [6.45, 7) is 9.25. The molecular formula is C17H31N3O2S2. The predicted octanol–water partition coefficient (Wildman–Crippen LogP) is 2.02. The number of amides is 2. The van der Waals surface area contributed by atoms with Crippen LogP contribution in [0.1, 0.15) is 40.0 Å². The van der Waals surface area contributed by atoms with Gasteiger partial charge in [0.2, 0.25) is 11.8 Å². The lowest BCUT2D eigenvalue weighted by Gasteiger charge is -2.41. The molecule has 0 saturated carbocycles. The molecule has 1 unspecified atom stereocenters. The van der Waals surface area contributed by atoms with Crippen LogP contribution in [0.4, 0.5) is 0 Å². The van der Waals surface area contributed by atoms with E-state index in [1.54, 1.807) is 16.7 Å². The predicted molar refractivity (Wildman–Crippen MR) is 103 cm³/mol. The zero-order valence-corrected chi connectivity index (χ0v) is 16.8. The molecule has 2 saturated heterocycles. The molecule has 2 aliphatic rings. The minimum absolute atomic E-state index is 0.00399. The minimum atomic E-state index is -0.299. The van der Waals surface area contributed by atoms with Crippen LogP contribution >= 0.6 is 23.5 Å². The van der Waals surface area contributed by atoms with Crippen LogP contribution in [0.5, 0.6) is 0 Å². The Morgan fingerprint density at radius 3 is 2.58 bits per heavy atom. The van der Waals surface area contributed by atoms with Crippen molar-refractivity contribution in [2.75, 3.05) is 42.8 Å². The van der Waals surface area contributed by atoms with Crippen LogP contribution < -0.4 is 5.32 Å². The van der Waals surface area contributed by atoms with E-state index in [-0.39, 0.29) is 23.4 Å². The highest BCUT2D eigenvalue weighted by Crippen LogP contribution is 2.23. The van der Waals surface area contributed by atoms with Gasteiger partial charge in [-0.1, -0.05) is 13.3 Å². The summed E-state index contributed by atoms with van der Waals surface area (Å²) >= 11 is 3.67. The summed E-state index contributed by atoms with van der Waals surface area (Å²) in [7, 11) is 0. The Kier molecular flexibility index (Phi) is 7.75. The Morgan fingerprint density at radius 1 is 1.21 bits per heavy atom. The molecule has 0 aromatic carbocycles. The second-order valence-corrected chi connectivity index (χ2v) is 9.34. The van der Waals surface area contributed by atoms with Crippen LogP contribution in [0.15, 0.2) is 0 Å². The highest BCUT2D eigenvalue weighted by molar-refractivity contribution is 7.99. The molecule has 0 bridgehead atoms. The summed E-state index contributed by atoms with van der Waals surface area (Å²) in [4.78, 5) is 29.1. The first-order valence-corrected chi connectivity index (χ1v) is 11.2. The van der Waals surface area contributed by atoms with Crippen molar-refractivity contribution in [2.45, 2.75) is 51.6 Å². The number of nitrogens with zero attached hydrogens (tertiary/aromatic N) is 2. The molecule has 2 rings (SSSR count). The SMILES string of the molecule is CCCCC(=O)N1CSCC1C(=O)NCC(C)(C)N1CCSCC1. The standard InChI is InChI=1S/C17H31N3O2S2/c1-4-5-6-15(21)20-13-24-11-14(20)16(22)18-12-17(2,3)19-7-9-23-10-8-19/h14H,4-13H2,1-3H3,(H,18,22). The number of hydrogen-bond donors (Lipinski definition) is 1. The van der Waals surface area contributed by atoms with E-state index in [0.717, 1.165) is 37.4 Å². The molecule has 2 heterocycles. The van der Waals surface area contributed by atoms with Gasteiger partial charge in [0.05, 0.1) is 5.88 Å². The Labute approximate surface area is 154 Å². The van der Waals surface area contributed by atoms with E-state index in [0.29, 0.717) is 24.6 Å². The topological polar surface area (TPSA) is 52.7 Å². The molecule has 0 spiro atoms. The fourth-order valence-corrected chi connectivity index (χ4v) is 5.16. The third kappa shape index (κ3) is 5.30.